The van der Waals surface area contributed by atoms with Gasteiger partial charge in [0.15, 0.2) is 0 Å². The van der Waals surface area contributed by atoms with Crippen LogP contribution >= 0.6 is 0 Å². The maximum absolute atomic E-state index is 12.5. The van der Waals surface area contributed by atoms with Gasteiger partial charge in [-0.3, -0.25) is 4.79 Å². The number of nitriles is 1. The maximum Gasteiger partial charge on any atom is 0.409 e. The van der Waals surface area contributed by atoms with Gasteiger partial charge in [0.05, 0.1) is 18.6 Å². The van der Waals surface area contributed by atoms with E-state index in [4.69, 9.17) is 10.00 Å². The Bertz CT molecular complexity index is 577. The molecule has 1 unspecified atom stereocenters. The molecule has 28 heavy (non-hydrogen) atoms. The van der Waals surface area contributed by atoms with Crippen molar-refractivity contribution < 1.29 is 19.1 Å². The van der Waals surface area contributed by atoms with E-state index in [2.05, 4.69) is 10.6 Å². The van der Waals surface area contributed by atoms with Gasteiger partial charge in [-0.15, -0.1) is 0 Å². The number of amides is 4. The fraction of sp³-hybridized carbons (Fsp3) is 0.789. The van der Waals surface area contributed by atoms with Gasteiger partial charge < -0.3 is 25.2 Å². The normalized spacial score (nSPS) is 18.7. The SMILES string of the molecule is CCOC(=O)N1CCN(C(=O)NCC(C(=O)NCC#N)C2CCCCC2)CC1. The molecule has 1 saturated heterocycles. The number of urea groups is 1. The van der Waals surface area contributed by atoms with E-state index < -0.39 is 0 Å². The third-order valence-corrected chi connectivity index (χ3v) is 5.46. The van der Waals surface area contributed by atoms with E-state index in [0.717, 1.165) is 25.7 Å². The van der Waals surface area contributed by atoms with Gasteiger partial charge >= 0.3 is 12.1 Å². The van der Waals surface area contributed by atoms with Crippen molar-refractivity contribution in [2.24, 2.45) is 11.8 Å². The number of carbonyl (C=O) groups is 3. The van der Waals surface area contributed by atoms with Crippen molar-refractivity contribution in [3.63, 3.8) is 0 Å². The molecule has 0 aromatic rings. The first kappa shape index (κ1) is 21.8. The highest BCUT2D eigenvalue weighted by Crippen LogP contribution is 2.30. The summed E-state index contributed by atoms with van der Waals surface area (Å²) in [7, 11) is 0. The molecule has 1 heterocycles. The van der Waals surface area contributed by atoms with Gasteiger partial charge in [0.2, 0.25) is 5.91 Å². The monoisotopic (exact) mass is 393 g/mol. The van der Waals surface area contributed by atoms with Crippen LogP contribution in [0.5, 0.6) is 0 Å². The molecule has 9 heteroatoms. The van der Waals surface area contributed by atoms with Crippen LogP contribution in [0.1, 0.15) is 39.0 Å². The summed E-state index contributed by atoms with van der Waals surface area (Å²) < 4.78 is 4.98. The minimum absolute atomic E-state index is 0.0220. The topological polar surface area (TPSA) is 115 Å². The lowest BCUT2D eigenvalue weighted by Gasteiger charge is -2.35. The predicted octanol–water partition coefficient (Wildman–Crippen LogP) is 1.31. The second-order valence-electron chi connectivity index (χ2n) is 7.24. The third kappa shape index (κ3) is 6.29. The summed E-state index contributed by atoms with van der Waals surface area (Å²) in [6, 6.07) is 1.70. The van der Waals surface area contributed by atoms with Gasteiger partial charge in [-0.05, 0) is 25.7 Å². The average molecular weight is 393 g/mol. The molecule has 1 atom stereocenters. The van der Waals surface area contributed by atoms with Crippen molar-refractivity contribution in [3.8, 4) is 6.07 Å². The first-order valence-corrected chi connectivity index (χ1v) is 10.2. The highest BCUT2D eigenvalue weighted by molar-refractivity contribution is 5.81. The summed E-state index contributed by atoms with van der Waals surface area (Å²) in [4.78, 5) is 40.0. The fourth-order valence-electron chi connectivity index (χ4n) is 3.88. The first-order chi connectivity index (χ1) is 13.6. The van der Waals surface area contributed by atoms with Gasteiger partial charge in [0.25, 0.3) is 0 Å². The van der Waals surface area contributed by atoms with Gasteiger partial charge in [0.1, 0.15) is 6.54 Å². The first-order valence-electron chi connectivity index (χ1n) is 10.2. The highest BCUT2D eigenvalue weighted by Gasteiger charge is 2.31. The van der Waals surface area contributed by atoms with Crippen LogP contribution in [0.25, 0.3) is 0 Å². The molecule has 0 bridgehead atoms. The Morgan fingerprint density at radius 1 is 1.07 bits per heavy atom. The molecule has 4 amide bonds. The predicted molar refractivity (Wildman–Crippen MR) is 102 cm³/mol. The number of hydrogen-bond acceptors (Lipinski definition) is 5. The Morgan fingerprint density at radius 3 is 2.32 bits per heavy atom. The molecule has 2 rings (SSSR count). The molecule has 0 aromatic carbocycles. The van der Waals surface area contributed by atoms with Crippen molar-refractivity contribution in [1.29, 1.82) is 5.26 Å². The second kappa shape index (κ2) is 11.4. The van der Waals surface area contributed by atoms with E-state index in [1.54, 1.807) is 16.7 Å². The molecular formula is C19H31N5O4. The second-order valence-corrected chi connectivity index (χ2v) is 7.24. The Labute approximate surface area is 166 Å². The number of ether oxygens (including phenoxy) is 1. The summed E-state index contributed by atoms with van der Waals surface area (Å²) in [5.41, 5.74) is 0. The van der Waals surface area contributed by atoms with E-state index in [1.807, 2.05) is 6.07 Å². The number of nitrogens with one attached hydrogen (secondary N) is 2. The van der Waals surface area contributed by atoms with E-state index in [-0.39, 0.29) is 43.0 Å². The average Bonchev–Trinajstić information content (AvgIpc) is 2.73. The number of rotatable bonds is 6. The van der Waals surface area contributed by atoms with Gasteiger partial charge in [0, 0.05) is 32.7 Å². The van der Waals surface area contributed by atoms with Crippen molar-refractivity contribution in [2.45, 2.75) is 39.0 Å². The molecule has 2 N–H and O–H groups in total. The summed E-state index contributed by atoms with van der Waals surface area (Å²) >= 11 is 0. The molecule has 156 valence electrons. The van der Waals surface area contributed by atoms with Crippen LogP contribution in [0.2, 0.25) is 0 Å². The number of carbonyl (C=O) groups excluding carboxylic acids is 3. The van der Waals surface area contributed by atoms with Crippen molar-refractivity contribution in [1.82, 2.24) is 20.4 Å². The van der Waals surface area contributed by atoms with Crippen LogP contribution in [0.4, 0.5) is 9.59 Å². The summed E-state index contributed by atoms with van der Waals surface area (Å²) in [5, 5.41) is 14.2. The van der Waals surface area contributed by atoms with Crippen LogP contribution in [0.3, 0.4) is 0 Å². The number of nitrogens with zero attached hydrogens (tertiary/aromatic N) is 3. The fourth-order valence-corrected chi connectivity index (χ4v) is 3.88. The molecule has 1 aliphatic carbocycles. The smallest absolute Gasteiger partial charge is 0.409 e. The van der Waals surface area contributed by atoms with Crippen molar-refractivity contribution >= 4 is 18.0 Å². The number of hydrogen-bond donors (Lipinski definition) is 2. The van der Waals surface area contributed by atoms with Gasteiger partial charge in [-0.25, -0.2) is 9.59 Å². The van der Waals surface area contributed by atoms with E-state index in [1.165, 1.54) is 6.42 Å². The molecule has 0 aromatic heterocycles. The summed E-state index contributed by atoms with van der Waals surface area (Å²) in [6.45, 7) is 4.05. The van der Waals surface area contributed by atoms with Crippen molar-refractivity contribution in [3.05, 3.63) is 0 Å². The molecule has 1 aliphatic heterocycles. The molecule has 9 nitrogen and oxygen atoms in total. The molecule has 2 aliphatic rings. The minimum atomic E-state index is -0.353. The lowest BCUT2D eigenvalue weighted by atomic mass is 9.79. The highest BCUT2D eigenvalue weighted by atomic mass is 16.6. The lowest BCUT2D eigenvalue weighted by Crippen LogP contribution is -2.54. The standard InChI is InChI=1S/C19H31N5O4/c1-2-28-19(27)24-12-10-23(11-13-24)18(26)22-14-16(17(25)21-9-8-20)15-6-4-3-5-7-15/h15-16H,2-7,9-14H2,1H3,(H,21,25)(H,22,26). The zero-order valence-electron chi connectivity index (χ0n) is 16.6. The third-order valence-electron chi connectivity index (χ3n) is 5.46. The molecule has 0 spiro atoms. The molecule has 1 saturated carbocycles. The largest absolute Gasteiger partial charge is 0.450 e. The summed E-state index contributed by atoms with van der Waals surface area (Å²) in [5.74, 6) is -0.257. The Morgan fingerprint density at radius 2 is 1.71 bits per heavy atom. The summed E-state index contributed by atoms with van der Waals surface area (Å²) in [6.07, 6.45) is 4.96. The van der Waals surface area contributed by atoms with Crippen molar-refractivity contribution in [2.75, 3.05) is 45.9 Å². The maximum atomic E-state index is 12.5. The lowest BCUT2D eigenvalue weighted by molar-refractivity contribution is -0.126. The zero-order valence-corrected chi connectivity index (χ0v) is 16.6. The Kier molecular flexibility index (Phi) is 8.85. The Hall–Kier alpha value is -2.50. The zero-order chi connectivity index (χ0) is 20.4. The van der Waals surface area contributed by atoms with E-state index in [9.17, 15) is 14.4 Å². The number of piperazine rings is 1. The molecule has 2 fully saturated rings. The van der Waals surface area contributed by atoms with Gasteiger partial charge in [-0.1, -0.05) is 19.3 Å². The quantitative estimate of drug-likeness (QED) is 0.660. The molecule has 0 radical (unpaired) electrons. The molecular weight excluding hydrogens is 362 g/mol. The van der Waals surface area contributed by atoms with E-state index in [0.29, 0.717) is 32.8 Å². The van der Waals surface area contributed by atoms with E-state index >= 15 is 0 Å². The van der Waals surface area contributed by atoms with Crippen LogP contribution < -0.4 is 10.6 Å². The van der Waals surface area contributed by atoms with Crippen LogP contribution in [0, 0.1) is 23.2 Å². The van der Waals surface area contributed by atoms with Crippen LogP contribution in [0.15, 0.2) is 0 Å². The van der Waals surface area contributed by atoms with Crippen LogP contribution in [-0.2, 0) is 9.53 Å². The minimum Gasteiger partial charge on any atom is -0.450 e. The Balaban J connectivity index is 1.84. The van der Waals surface area contributed by atoms with Crippen LogP contribution in [-0.4, -0.2) is 73.7 Å². The van der Waals surface area contributed by atoms with Gasteiger partial charge in [-0.2, -0.15) is 5.26 Å².